The van der Waals surface area contributed by atoms with Crippen molar-refractivity contribution in [3.8, 4) is 0 Å². The van der Waals surface area contributed by atoms with Gasteiger partial charge in [0.2, 0.25) is 0 Å². The van der Waals surface area contributed by atoms with Crippen LogP contribution in [-0.2, 0) is 5.54 Å². The topological polar surface area (TPSA) is 32.3 Å². The molecule has 25 heavy (non-hydrogen) atoms. The number of nitrogens with one attached hydrogen (secondary N) is 1. The molecule has 0 aliphatic heterocycles. The Morgan fingerprint density at radius 3 is 1.36 bits per heavy atom. The Morgan fingerprint density at radius 1 is 0.720 bits per heavy atom. The van der Waals surface area contributed by atoms with Crippen molar-refractivity contribution in [1.29, 1.82) is 0 Å². The van der Waals surface area contributed by atoms with E-state index < -0.39 is 5.54 Å². The fraction of sp³-hybridized carbons (Fsp3) is 0.182. The molecular weight excluding hydrogens is 326 g/mol. The maximum Gasteiger partial charge on any atom is 0.0951 e. The van der Waals surface area contributed by atoms with Crippen LogP contribution < -0.4 is 5.32 Å². The van der Waals surface area contributed by atoms with Crippen molar-refractivity contribution in [3.63, 3.8) is 0 Å². The second-order valence-corrected chi connectivity index (χ2v) is 6.42. The van der Waals surface area contributed by atoms with Crippen LogP contribution in [0.15, 0.2) is 91.0 Å². The van der Waals surface area contributed by atoms with E-state index in [9.17, 15) is 5.11 Å². The van der Waals surface area contributed by atoms with Gasteiger partial charge in [0.1, 0.15) is 0 Å². The molecule has 0 aromatic heterocycles. The molecule has 0 spiro atoms. The summed E-state index contributed by atoms with van der Waals surface area (Å²) in [5.41, 5.74) is 2.84. The monoisotopic (exact) mass is 349 g/mol. The van der Waals surface area contributed by atoms with Gasteiger partial charge in [0, 0.05) is 11.8 Å². The number of benzene rings is 3. The zero-order valence-electron chi connectivity index (χ0n) is 14.0. The number of hydrogen-bond acceptors (Lipinski definition) is 3. The number of aliphatic hydroxyl groups is 1. The highest BCUT2D eigenvalue weighted by Crippen LogP contribution is 2.37. The molecule has 0 saturated carbocycles. The molecule has 0 aliphatic carbocycles. The molecule has 0 radical (unpaired) electrons. The van der Waals surface area contributed by atoms with Crippen LogP contribution in [0.3, 0.4) is 0 Å². The van der Waals surface area contributed by atoms with Crippen molar-refractivity contribution >= 4 is 12.6 Å². The lowest BCUT2D eigenvalue weighted by molar-refractivity contribution is 0.234. The molecule has 3 aromatic carbocycles. The largest absolute Gasteiger partial charge is 0.395 e. The second-order valence-electron chi connectivity index (χ2n) is 6.05. The van der Waals surface area contributed by atoms with Gasteiger partial charge in [-0.1, -0.05) is 91.0 Å². The first-order chi connectivity index (χ1) is 12.3. The van der Waals surface area contributed by atoms with Gasteiger partial charge >= 0.3 is 0 Å². The Hall–Kier alpha value is -2.07. The highest BCUT2D eigenvalue weighted by molar-refractivity contribution is 7.80. The van der Waals surface area contributed by atoms with Crippen molar-refractivity contribution in [2.75, 3.05) is 12.4 Å². The van der Waals surface area contributed by atoms with Crippen LogP contribution in [0.2, 0.25) is 0 Å². The standard InChI is InChI=1S/C22H23NOS/c24-16-21(17-25)23-22(18-10-4-1-5-11-18,19-12-6-2-7-13-19)20-14-8-3-9-15-20/h1-15,21,23-25H,16-17H2/t21-/m0/s1. The van der Waals surface area contributed by atoms with Crippen molar-refractivity contribution in [2.24, 2.45) is 0 Å². The van der Waals surface area contributed by atoms with Crippen LogP contribution in [0.4, 0.5) is 0 Å². The first kappa shape index (κ1) is 17.7. The van der Waals surface area contributed by atoms with Gasteiger partial charge < -0.3 is 5.11 Å². The Labute approximate surface area is 155 Å². The number of hydrogen-bond donors (Lipinski definition) is 3. The third-order valence-corrected chi connectivity index (χ3v) is 4.92. The van der Waals surface area contributed by atoms with Crippen LogP contribution in [-0.4, -0.2) is 23.5 Å². The molecule has 0 amide bonds. The summed E-state index contributed by atoms with van der Waals surface area (Å²) in [6, 6.07) is 31.0. The van der Waals surface area contributed by atoms with Crippen LogP contribution in [0.25, 0.3) is 0 Å². The first-order valence-electron chi connectivity index (χ1n) is 8.47. The SMILES string of the molecule is OC[C@@H](CS)NC(c1ccccc1)(c1ccccc1)c1ccccc1. The van der Waals surface area contributed by atoms with E-state index in [1.165, 1.54) is 0 Å². The van der Waals surface area contributed by atoms with Crippen LogP contribution in [0.5, 0.6) is 0 Å². The molecule has 0 saturated heterocycles. The summed E-state index contributed by atoms with van der Waals surface area (Å²) in [6.45, 7) is 0.0255. The molecule has 0 heterocycles. The maximum atomic E-state index is 9.82. The van der Waals surface area contributed by atoms with Gasteiger partial charge in [-0.15, -0.1) is 0 Å². The summed E-state index contributed by atoms with van der Waals surface area (Å²) in [6.07, 6.45) is 0. The number of thiol groups is 1. The zero-order valence-corrected chi connectivity index (χ0v) is 14.9. The highest BCUT2D eigenvalue weighted by atomic mass is 32.1. The van der Waals surface area contributed by atoms with Gasteiger partial charge in [0.15, 0.2) is 0 Å². The lowest BCUT2D eigenvalue weighted by Crippen LogP contribution is -2.51. The van der Waals surface area contributed by atoms with E-state index in [1.54, 1.807) is 0 Å². The minimum atomic E-state index is -0.556. The van der Waals surface area contributed by atoms with E-state index in [1.807, 2.05) is 54.6 Å². The van der Waals surface area contributed by atoms with Gasteiger partial charge in [-0.25, -0.2) is 0 Å². The van der Waals surface area contributed by atoms with E-state index in [4.69, 9.17) is 0 Å². The van der Waals surface area contributed by atoms with Gasteiger partial charge in [0.05, 0.1) is 12.1 Å². The van der Waals surface area contributed by atoms with Crippen LogP contribution >= 0.6 is 12.6 Å². The molecule has 2 nitrogen and oxygen atoms in total. The molecule has 3 aromatic rings. The van der Waals surface area contributed by atoms with Gasteiger partial charge in [0.25, 0.3) is 0 Å². The molecule has 0 unspecified atom stereocenters. The van der Waals surface area contributed by atoms with Crippen molar-refractivity contribution in [1.82, 2.24) is 5.32 Å². The lowest BCUT2D eigenvalue weighted by Gasteiger charge is -2.39. The predicted molar refractivity (Wildman–Crippen MR) is 107 cm³/mol. The second kappa shape index (κ2) is 8.34. The average Bonchev–Trinajstić information content (AvgIpc) is 2.71. The average molecular weight is 349 g/mol. The summed E-state index contributed by atoms with van der Waals surface area (Å²) in [7, 11) is 0. The highest BCUT2D eigenvalue weighted by Gasteiger charge is 2.37. The predicted octanol–water partition coefficient (Wildman–Crippen LogP) is 3.86. The Bertz CT molecular complexity index is 661. The molecule has 2 N–H and O–H groups in total. The van der Waals surface area contributed by atoms with Crippen molar-refractivity contribution in [2.45, 2.75) is 11.6 Å². The van der Waals surface area contributed by atoms with Crippen LogP contribution in [0, 0.1) is 0 Å². The minimum Gasteiger partial charge on any atom is -0.395 e. The van der Waals surface area contributed by atoms with E-state index in [0.717, 1.165) is 16.7 Å². The quantitative estimate of drug-likeness (QED) is 0.447. The van der Waals surface area contributed by atoms with E-state index >= 15 is 0 Å². The van der Waals surface area contributed by atoms with Crippen molar-refractivity contribution < 1.29 is 5.11 Å². The summed E-state index contributed by atoms with van der Waals surface area (Å²) >= 11 is 4.42. The van der Waals surface area contributed by atoms with Crippen LogP contribution in [0.1, 0.15) is 16.7 Å². The minimum absolute atomic E-state index is 0.0255. The molecule has 1 atom stereocenters. The maximum absolute atomic E-state index is 9.82. The summed E-state index contributed by atoms with van der Waals surface area (Å²) in [5, 5.41) is 13.5. The summed E-state index contributed by atoms with van der Waals surface area (Å²) < 4.78 is 0. The molecular formula is C22H23NOS. The summed E-state index contributed by atoms with van der Waals surface area (Å²) in [4.78, 5) is 0. The fourth-order valence-electron chi connectivity index (χ4n) is 3.27. The molecule has 128 valence electrons. The lowest BCUT2D eigenvalue weighted by atomic mass is 9.76. The Morgan fingerprint density at radius 2 is 1.08 bits per heavy atom. The normalized spacial score (nSPS) is 12.7. The Kier molecular flexibility index (Phi) is 5.92. The third kappa shape index (κ3) is 3.64. The fourth-order valence-corrected chi connectivity index (χ4v) is 3.48. The van der Waals surface area contributed by atoms with Gasteiger partial charge in [-0.05, 0) is 16.7 Å². The molecule has 0 fully saturated rings. The van der Waals surface area contributed by atoms with E-state index in [2.05, 4.69) is 54.3 Å². The number of rotatable bonds is 7. The number of aliphatic hydroxyl groups excluding tert-OH is 1. The van der Waals surface area contributed by atoms with Gasteiger partial charge in [-0.3, -0.25) is 5.32 Å². The molecule has 0 bridgehead atoms. The molecule has 3 heteroatoms. The van der Waals surface area contributed by atoms with E-state index in [0.29, 0.717) is 5.75 Å². The first-order valence-corrected chi connectivity index (χ1v) is 9.10. The zero-order chi connectivity index (χ0) is 17.5. The Balaban J connectivity index is 2.27. The summed E-state index contributed by atoms with van der Waals surface area (Å²) in [5.74, 6) is 0.546. The van der Waals surface area contributed by atoms with E-state index in [-0.39, 0.29) is 12.6 Å². The molecule has 0 aliphatic rings. The third-order valence-electron chi connectivity index (χ3n) is 4.48. The van der Waals surface area contributed by atoms with Gasteiger partial charge in [-0.2, -0.15) is 12.6 Å². The van der Waals surface area contributed by atoms with Crippen molar-refractivity contribution in [3.05, 3.63) is 108 Å². The smallest absolute Gasteiger partial charge is 0.0951 e. The molecule has 3 rings (SSSR count).